The summed E-state index contributed by atoms with van der Waals surface area (Å²) in [5.41, 5.74) is 3.77. The highest BCUT2D eigenvalue weighted by Gasteiger charge is 1.99. The van der Waals surface area contributed by atoms with Crippen molar-refractivity contribution in [2.45, 2.75) is 27.2 Å². The van der Waals surface area contributed by atoms with Gasteiger partial charge >= 0.3 is 5.97 Å². The first-order valence-electron chi connectivity index (χ1n) is 4.79. The summed E-state index contributed by atoms with van der Waals surface area (Å²) in [6, 6.07) is 6.31. The molecule has 2 heteroatoms. The van der Waals surface area contributed by atoms with E-state index < -0.39 is 0 Å². The lowest BCUT2D eigenvalue weighted by atomic mass is 10.0. The van der Waals surface area contributed by atoms with Gasteiger partial charge in [-0.2, -0.15) is 0 Å². The van der Waals surface area contributed by atoms with Crippen LogP contribution >= 0.6 is 0 Å². The van der Waals surface area contributed by atoms with Gasteiger partial charge in [0.15, 0.2) is 0 Å². The summed E-state index contributed by atoms with van der Waals surface area (Å²) in [6.45, 7) is 6.06. The molecule has 0 heterocycles. The molecule has 0 radical (unpaired) electrons. The first-order valence-corrected chi connectivity index (χ1v) is 4.79. The maximum Gasteiger partial charge on any atom is 0.302 e. The standard InChI is InChI=1S/C12H16O2/c1-9-4-5-12(10(2)8-9)6-7-14-11(3)13/h4-5,8H,6-7H2,1-3H3. The SMILES string of the molecule is CC(=O)OCCc1ccc(C)cc1C. The first kappa shape index (κ1) is 10.8. The van der Waals surface area contributed by atoms with E-state index in [0.29, 0.717) is 6.61 Å². The quantitative estimate of drug-likeness (QED) is 0.687. The highest BCUT2D eigenvalue weighted by atomic mass is 16.5. The smallest absolute Gasteiger partial charge is 0.302 e. The van der Waals surface area contributed by atoms with Crippen molar-refractivity contribution in [3.63, 3.8) is 0 Å². The monoisotopic (exact) mass is 192 g/mol. The molecular formula is C12H16O2. The van der Waals surface area contributed by atoms with Crippen LogP contribution in [0.1, 0.15) is 23.6 Å². The Kier molecular flexibility index (Phi) is 3.69. The van der Waals surface area contributed by atoms with Gasteiger partial charge in [0.2, 0.25) is 0 Å². The second-order valence-corrected chi connectivity index (χ2v) is 3.52. The molecule has 0 saturated heterocycles. The van der Waals surface area contributed by atoms with Crippen LogP contribution < -0.4 is 0 Å². The molecule has 0 aliphatic carbocycles. The van der Waals surface area contributed by atoms with Gasteiger partial charge in [-0.1, -0.05) is 23.8 Å². The maximum absolute atomic E-state index is 10.6. The molecule has 0 atom stereocenters. The number of benzene rings is 1. The van der Waals surface area contributed by atoms with Crippen molar-refractivity contribution >= 4 is 5.97 Å². The van der Waals surface area contributed by atoms with Gasteiger partial charge in [0.25, 0.3) is 0 Å². The van der Waals surface area contributed by atoms with E-state index in [4.69, 9.17) is 4.74 Å². The first-order chi connectivity index (χ1) is 6.59. The lowest BCUT2D eigenvalue weighted by Crippen LogP contribution is -2.04. The van der Waals surface area contributed by atoms with Crippen molar-refractivity contribution in [1.82, 2.24) is 0 Å². The van der Waals surface area contributed by atoms with Crippen LogP contribution in [0.15, 0.2) is 18.2 Å². The normalized spacial score (nSPS) is 9.93. The number of aryl methyl sites for hydroxylation is 2. The Bertz CT molecular complexity index is 329. The van der Waals surface area contributed by atoms with Crippen LogP contribution in [0, 0.1) is 13.8 Å². The van der Waals surface area contributed by atoms with Crippen molar-refractivity contribution < 1.29 is 9.53 Å². The van der Waals surface area contributed by atoms with E-state index >= 15 is 0 Å². The molecule has 0 aromatic heterocycles. The van der Waals surface area contributed by atoms with Crippen molar-refractivity contribution in [3.05, 3.63) is 34.9 Å². The molecular weight excluding hydrogens is 176 g/mol. The second-order valence-electron chi connectivity index (χ2n) is 3.52. The van der Waals surface area contributed by atoms with Crippen LogP contribution in [0.2, 0.25) is 0 Å². The molecule has 1 aromatic rings. The molecule has 0 N–H and O–H groups in total. The summed E-state index contributed by atoms with van der Waals surface area (Å²) in [5, 5.41) is 0. The van der Waals surface area contributed by atoms with E-state index in [1.807, 2.05) is 0 Å². The molecule has 14 heavy (non-hydrogen) atoms. The number of hydrogen-bond acceptors (Lipinski definition) is 2. The van der Waals surface area contributed by atoms with Crippen molar-refractivity contribution in [2.24, 2.45) is 0 Å². The van der Waals surface area contributed by atoms with E-state index in [9.17, 15) is 4.79 Å². The lowest BCUT2D eigenvalue weighted by Gasteiger charge is -2.06. The van der Waals surface area contributed by atoms with E-state index in [1.165, 1.54) is 23.6 Å². The molecule has 0 aliphatic rings. The minimum absolute atomic E-state index is 0.213. The molecule has 2 nitrogen and oxygen atoms in total. The van der Waals surface area contributed by atoms with Crippen molar-refractivity contribution in [2.75, 3.05) is 6.61 Å². The molecule has 0 fully saturated rings. The number of rotatable bonds is 3. The summed E-state index contributed by atoms with van der Waals surface area (Å²) in [6.07, 6.45) is 0.797. The molecule has 0 unspecified atom stereocenters. The largest absolute Gasteiger partial charge is 0.466 e. The second kappa shape index (κ2) is 4.80. The zero-order chi connectivity index (χ0) is 10.6. The topological polar surface area (TPSA) is 26.3 Å². The maximum atomic E-state index is 10.6. The molecule has 1 aromatic carbocycles. The fourth-order valence-electron chi connectivity index (χ4n) is 1.43. The van der Waals surface area contributed by atoms with E-state index in [2.05, 4.69) is 32.0 Å². The molecule has 0 saturated carbocycles. The van der Waals surface area contributed by atoms with Gasteiger partial charge in [0, 0.05) is 13.3 Å². The van der Waals surface area contributed by atoms with Crippen LogP contribution in [0.5, 0.6) is 0 Å². The minimum Gasteiger partial charge on any atom is -0.466 e. The van der Waals surface area contributed by atoms with Crippen LogP contribution in [0.3, 0.4) is 0 Å². The summed E-state index contributed by atoms with van der Waals surface area (Å²) in [4.78, 5) is 10.6. The zero-order valence-corrected chi connectivity index (χ0v) is 8.96. The van der Waals surface area contributed by atoms with Gasteiger partial charge in [-0.15, -0.1) is 0 Å². The molecule has 0 spiro atoms. The Balaban J connectivity index is 2.55. The van der Waals surface area contributed by atoms with E-state index in [1.54, 1.807) is 0 Å². The fraction of sp³-hybridized carbons (Fsp3) is 0.417. The number of carbonyl (C=O) groups excluding carboxylic acids is 1. The van der Waals surface area contributed by atoms with Gasteiger partial charge in [0.1, 0.15) is 0 Å². The van der Waals surface area contributed by atoms with E-state index in [0.717, 1.165) is 6.42 Å². The summed E-state index contributed by atoms with van der Waals surface area (Å²) in [7, 11) is 0. The molecule has 0 bridgehead atoms. The summed E-state index contributed by atoms with van der Waals surface area (Å²) >= 11 is 0. The predicted octanol–water partition coefficient (Wildman–Crippen LogP) is 2.41. The Morgan fingerprint density at radius 1 is 1.36 bits per heavy atom. The fourth-order valence-corrected chi connectivity index (χ4v) is 1.43. The van der Waals surface area contributed by atoms with Crippen LogP contribution in [0.25, 0.3) is 0 Å². The zero-order valence-electron chi connectivity index (χ0n) is 8.96. The van der Waals surface area contributed by atoms with Crippen LogP contribution in [-0.2, 0) is 16.0 Å². The average molecular weight is 192 g/mol. The third-order valence-electron chi connectivity index (χ3n) is 2.17. The lowest BCUT2D eigenvalue weighted by molar-refractivity contribution is -0.140. The number of esters is 1. The Labute approximate surface area is 84.9 Å². The third-order valence-corrected chi connectivity index (χ3v) is 2.17. The van der Waals surface area contributed by atoms with Crippen molar-refractivity contribution in [3.8, 4) is 0 Å². The van der Waals surface area contributed by atoms with Gasteiger partial charge < -0.3 is 4.74 Å². The molecule has 1 rings (SSSR count). The highest BCUT2D eigenvalue weighted by Crippen LogP contribution is 2.11. The van der Waals surface area contributed by atoms with Gasteiger partial charge in [-0.05, 0) is 25.0 Å². The minimum atomic E-state index is -0.213. The number of carbonyl (C=O) groups is 1. The average Bonchev–Trinajstić information content (AvgIpc) is 2.08. The van der Waals surface area contributed by atoms with Gasteiger partial charge in [-0.3, -0.25) is 4.79 Å². The number of ether oxygens (including phenoxy) is 1. The predicted molar refractivity (Wildman–Crippen MR) is 56.3 cm³/mol. The molecule has 76 valence electrons. The highest BCUT2D eigenvalue weighted by molar-refractivity contribution is 5.65. The third kappa shape index (κ3) is 3.21. The Morgan fingerprint density at radius 3 is 2.64 bits per heavy atom. The van der Waals surface area contributed by atoms with Crippen molar-refractivity contribution in [1.29, 1.82) is 0 Å². The van der Waals surface area contributed by atoms with Gasteiger partial charge in [-0.25, -0.2) is 0 Å². The molecule has 0 aliphatic heterocycles. The summed E-state index contributed by atoms with van der Waals surface area (Å²) in [5.74, 6) is -0.213. The van der Waals surface area contributed by atoms with Gasteiger partial charge in [0.05, 0.1) is 6.61 Å². The van der Waals surface area contributed by atoms with Crippen LogP contribution in [-0.4, -0.2) is 12.6 Å². The molecule has 0 amide bonds. The number of hydrogen-bond donors (Lipinski definition) is 0. The summed E-state index contributed by atoms with van der Waals surface area (Å²) < 4.78 is 4.89. The Hall–Kier alpha value is -1.31. The Morgan fingerprint density at radius 2 is 2.07 bits per heavy atom. The van der Waals surface area contributed by atoms with E-state index in [-0.39, 0.29) is 5.97 Å². The van der Waals surface area contributed by atoms with Crippen LogP contribution in [0.4, 0.5) is 0 Å².